The second kappa shape index (κ2) is 6.56. The van der Waals surface area contributed by atoms with Crippen molar-refractivity contribution in [3.8, 4) is 11.8 Å². The summed E-state index contributed by atoms with van der Waals surface area (Å²) in [5, 5.41) is 16.2. The minimum absolute atomic E-state index is 0.154. The van der Waals surface area contributed by atoms with Crippen LogP contribution in [0.5, 0.6) is 5.75 Å². The summed E-state index contributed by atoms with van der Waals surface area (Å²) in [7, 11) is 0. The SMILES string of the molecule is N#Cc1ncn(Cc2csc(COc3ccc(Cl)cc3)n2)n1. The molecular formula is C14H10ClN5OS. The molecule has 8 heteroatoms. The lowest BCUT2D eigenvalue weighted by Crippen LogP contribution is -2.02. The molecule has 110 valence electrons. The number of ether oxygens (including phenoxy) is 1. The quantitative estimate of drug-likeness (QED) is 0.718. The summed E-state index contributed by atoms with van der Waals surface area (Å²) >= 11 is 7.34. The predicted molar refractivity (Wildman–Crippen MR) is 81.7 cm³/mol. The minimum Gasteiger partial charge on any atom is -0.486 e. The first kappa shape index (κ1) is 14.5. The maximum atomic E-state index is 8.69. The highest BCUT2D eigenvalue weighted by Gasteiger charge is 2.06. The van der Waals surface area contributed by atoms with Crippen LogP contribution in [0.3, 0.4) is 0 Å². The Kier molecular flexibility index (Phi) is 4.32. The Bertz CT molecular complexity index is 805. The van der Waals surface area contributed by atoms with Gasteiger partial charge < -0.3 is 4.74 Å². The molecule has 2 heterocycles. The fourth-order valence-electron chi connectivity index (χ4n) is 1.75. The van der Waals surface area contributed by atoms with Crippen molar-refractivity contribution in [3.05, 3.63) is 57.5 Å². The van der Waals surface area contributed by atoms with Gasteiger partial charge in [0.05, 0.1) is 12.2 Å². The number of hydrogen-bond donors (Lipinski definition) is 0. The van der Waals surface area contributed by atoms with E-state index in [0.717, 1.165) is 16.5 Å². The van der Waals surface area contributed by atoms with Crippen LogP contribution in [-0.4, -0.2) is 19.7 Å². The maximum Gasteiger partial charge on any atom is 0.252 e. The largest absolute Gasteiger partial charge is 0.486 e. The molecule has 0 aliphatic carbocycles. The number of rotatable bonds is 5. The molecule has 0 fully saturated rings. The van der Waals surface area contributed by atoms with E-state index in [2.05, 4.69) is 15.1 Å². The standard InChI is InChI=1S/C14H10ClN5OS/c15-10-1-3-12(4-2-10)21-7-14-18-11(8-22-14)6-20-9-17-13(5-16)19-20/h1-4,8-9H,6-7H2. The zero-order chi connectivity index (χ0) is 15.4. The first-order chi connectivity index (χ1) is 10.7. The molecule has 0 amide bonds. The van der Waals surface area contributed by atoms with E-state index in [4.69, 9.17) is 21.6 Å². The average molecular weight is 332 g/mol. The summed E-state index contributed by atoms with van der Waals surface area (Å²) in [5.74, 6) is 0.901. The van der Waals surface area contributed by atoms with Crippen LogP contribution in [0.15, 0.2) is 36.0 Å². The molecular weight excluding hydrogens is 322 g/mol. The Morgan fingerprint density at radius 1 is 1.32 bits per heavy atom. The zero-order valence-electron chi connectivity index (χ0n) is 11.3. The van der Waals surface area contributed by atoms with Gasteiger partial charge in [0, 0.05) is 10.4 Å². The van der Waals surface area contributed by atoms with Crippen LogP contribution in [0.2, 0.25) is 5.02 Å². The molecule has 0 N–H and O–H groups in total. The van der Waals surface area contributed by atoms with Gasteiger partial charge >= 0.3 is 0 Å². The Balaban J connectivity index is 1.59. The maximum absolute atomic E-state index is 8.69. The molecule has 0 radical (unpaired) electrons. The normalized spacial score (nSPS) is 10.4. The van der Waals surface area contributed by atoms with Crippen molar-refractivity contribution < 1.29 is 4.74 Å². The Labute approximate surface area is 135 Å². The van der Waals surface area contributed by atoms with E-state index in [1.54, 1.807) is 16.8 Å². The predicted octanol–water partition coefficient (Wildman–Crippen LogP) is 2.89. The number of nitrogens with zero attached hydrogens (tertiary/aromatic N) is 5. The summed E-state index contributed by atoms with van der Waals surface area (Å²) in [4.78, 5) is 8.32. The Hall–Kier alpha value is -2.43. The highest BCUT2D eigenvalue weighted by atomic mass is 35.5. The van der Waals surface area contributed by atoms with Crippen molar-refractivity contribution in [2.24, 2.45) is 0 Å². The van der Waals surface area contributed by atoms with E-state index in [-0.39, 0.29) is 5.82 Å². The molecule has 0 spiro atoms. The second-order valence-corrected chi connectivity index (χ2v) is 5.73. The molecule has 1 aromatic carbocycles. The Morgan fingerprint density at radius 3 is 2.86 bits per heavy atom. The zero-order valence-corrected chi connectivity index (χ0v) is 12.9. The molecule has 6 nitrogen and oxygen atoms in total. The second-order valence-electron chi connectivity index (χ2n) is 4.35. The molecule has 22 heavy (non-hydrogen) atoms. The van der Waals surface area contributed by atoms with Gasteiger partial charge in [-0.05, 0) is 24.3 Å². The van der Waals surface area contributed by atoms with E-state index in [1.165, 1.54) is 17.7 Å². The first-order valence-electron chi connectivity index (χ1n) is 6.34. The van der Waals surface area contributed by atoms with Gasteiger partial charge in [-0.15, -0.1) is 16.4 Å². The van der Waals surface area contributed by atoms with Crippen LogP contribution < -0.4 is 4.74 Å². The van der Waals surface area contributed by atoms with Crippen LogP contribution >= 0.6 is 22.9 Å². The van der Waals surface area contributed by atoms with Crippen molar-refractivity contribution in [1.82, 2.24) is 19.7 Å². The van der Waals surface area contributed by atoms with Gasteiger partial charge in [0.25, 0.3) is 5.82 Å². The third-order valence-electron chi connectivity index (χ3n) is 2.74. The van der Waals surface area contributed by atoms with Crippen molar-refractivity contribution in [2.75, 3.05) is 0 Å². The highest BCUT2D eigenvalue weighted by molar-refractivity contribution is 7.09. The van der Waals surface area contributed by atoms with Crippen molar-refractivity contribution in [1.29, 1.82) is 5.26 Å². The van der Waals surface area contributed by atoms with Crippen LogP contribution in [0.1, 0.15) is 16.5 Å². The lowest BCUT2D eigenvalue weighted by atomic mass is 10.3. The monoisotopic (exact) mass is 331 g/mol. The number of hydrogen-bond acceptors (Lipinski definition) is 6. The number of benzene rings is 1. The fraction of sp³-hybridized carbons (Fsp3) is 0.143. The summed E-state index contributed by atoms with van der Waals surface area (Å²) in [6.07, 6.45) is 1.52. The molecule has 0 atom stereocenters. The van der Waals surface area contributed by atoms with Gasteiger partial charge in [0.1, 0.15) is 29.8 Å². The summed E-state index contributed by atoms with van der Waals surface area (Å²) in [6.45, 7) is 0.874. The minimum atomic E-state index is 0.154. The highest BCUT2D eigenvalue weighted by Crippen LogP contribution is 2.18. The van der Waals surface area contributed by atoms with E-state index in [9.17, 15) is 0 Å². The first-order valence-corrected chi connectivity index (χ1v) is 7.60. The van der Waals surface area contributed by atoms with Gasteiger partial charge in [0.15, 0.2) is 0 Å². The molecule has 0 aliphatic heterocycles. The molecule has 2 aromatic heterocycles. The fourth-order valence-corrected chi connectivity index (χ4v) is 2.57. The van der Waals surface area contributed by atoms with E-state index >= 15 is 0 Å². The smallest absolute Gasteiger partial charge is 0.252 e. The van der Waals surface area contributed by atoms with Gasteiger partial charge in [0.2, 0.25) is 0 Å². The summed E-state index contributed by atoms with van der Waals surface area (Å²) in [5.41, 5.74) is 0.856. The molecule has 0 aliphatic rings. The lowest BCUT2D eigenvalue weighted by molar-refractivity contribution is 0.305. The van der Waals surface area contributed by atoms with E-state index in [0.29, 0.717) is 18.2 Å². The van der Waals surface area contributed by atoms with E-state index in [1.807, 2.05) is 23.6 Å². The molecule has 0 bridgehead atoms. The van der Waals surface area contributed by atoms with Gasteiger partial charge in [-0.1, -0.05) is 11.6 Å². The van der Waals surface area contributed by atoms with Gasteiger partial charge in [-0.2, -0.15) is 5.26 Å². The number of nitriles is 1. The Morgan fingerprint density at radius 2 is 2.14 bits per heavy atom. The van der Waals surface area contributed by atoms with Crippen LogP contribution in [0.4, 0.5) is 0 Å². The summed E-state index contributed by atoms with van der Waals surface area (Å²) < 4.78 is 7.22. The van der Waals surface area contributed by atoms with E-state index < -0.39 is 0 Å². The lowest BCUT2D eigenvalue weighted by Gasteiger charge is -2.03. The van der Waals surface area contributed by atoms with Crippen LogP contribution in [-0.2, 0) is 13.2 Å². The number of aromatic nitrogens is 4. The molecule has 3 aromatic rings. The molecule has 0 unspecified atom stereocenters. The van der Waals surface area contributed by atoms with Crippen molar-refractivity contribution in [3.63, 3.8) is 0 Å². The average Bonchev–Trinajstić information content (AvgIpc) is 3.16. The molecule has 0 saturated heterocycles. The van der Waals surface area contributed by atoms with Crippen molar-refractivity contribution >= 4 is 22.9 Å². The van der Waals surface area contributed by atoms with Gasteiger partial charge in [-0.25, -0.2) is 14.6 Å². The van der Waals surface area contributed by atoms with Crippen LogP contribution in [0.25, 0.3) is 0 Å². The molecule has 0 saturated carbocycles. The third kappa shape index (κ3) is 3.61. The summed E-state index contributed by atoms with van der Waals surface area (Å²) in [6, 6.07) is 9.08. The van der Waals surface area contributed by atoms with Crippen LogP contribution in [0, 0.1) is 11.3 Å². The number of halogens is 1. The third-order valence-corrected chi connectivity index (χ3v) is 3.86. The molecule has 3 rings (SSSR count). The topological polar surface area (TPSA) is 76.6 Å². The van der Waals surface area contributed by atoms with Crippen molar-refractivity contribution in [2.45, 2.75) is 13.2 Å². The number of thiazole rings is 1. The van der Waals surface area contributed by atoms with Gasteiger partial charge in [-0.3, -0.25) is 0 Å².